The van der Waals surface area contributed by atoms with Gasteiger partial charge >= 0.3 is 12.1 Å². The predicted molar refractivity (Wildman–Crippen MR) is 131 cm³/mol. The van der Waals surface area contributed by atoms with E-state index in [-0.39, 0.29) is 30.4 Å². The molecule has 2 aromatic carbocycles. The molecule has 3 aliphatic rings. The Morgan fingerprint density at radius 2 is 1.63 bits per heavy atom. The van der Waals surface area contributed by atoms with Crippen LogP contribution >= 0.6 is 0 Å². The largest absolute Gasteiger partial charge is 0.480 e. The smallest absolute Gasteiger partial charge is 0.407 e. The first-order valence-corrected chi connectivity index (χ1v) is 12.2. The summed E-state index contributed by atoms with van der Waals surface area (Å²) in [7, 11) is 1.54. The fraction of sp³-hybridized carbons (Fsp3) is 0.464. The number of ether oxygens (including phenoxy) is 1. The first kappa shape index (κ1) is 23.4. The molecule has 2 amide bonds. The number of carbonyl (C=O) groups is 3. The van der Waals surface area contributed by atoms with Crippen LogP contribution in [-0.4, -0.2) is 53.7 Å². The van der Waals surface area contributed by atoms with Gasteiger partial charge in [0.1, 0.15) is 12.1 Å². The molecule has 0 aromatic heterocycles. The van der Waals surface area contributed by atoms with Crippen LogP contribution < -0.4 is 5.32 Å². The maximum atomic E-state index is 13.5. The zero-order valence-corrected chi connectivity index (χ0v) is 20.5. The zero-order chi connectivity index (χ0) is 25.0. The van der Waals surface area contributed by atoms with Crippen LogP contribution in [0.2, 0.25) is 0 Å². The molecule has 0 saturated heterocycles. The topological polar surface area (TPSA) is 95.9 Å². The van der Waals surface area contributed by atoms with Crippen LogP contribution in [0.5, 0.6) is 0 Å². The van der Waals surface area contributed by atoms with E-state index in [2.05, 4.69) is 29.6 Å². The van der Waals surface area contributed by atoms with Crippen molar-refractivity contribution >= 4 is 18.0 Å². The number of alkyl carbamates (subject to hydrolysis) is 1. The summed E-state index contributed by atoms with van der Waals surface area (Å²) in [5.41, 5.74) is 2.37. The lowest BCUT2D eigenvalue weighted by atomic mass is 9.74. The Balaban J connectivity index is 1.26. The molecule has 1 spiro atoms. The SMILES string of the molecule is CN(C(=O)C1(CNC(=O)OCC2c3ccccc3-c3ccccc32)CC12CCC2)C(C)(C)C(=O)O. The number of likely N-dealkylation sites (N-methyl/N-ethyl adjacent to an activating group) is 1. The molecule has 0 radical (unpaired) electrons. The molecule has 7 nitrogen and oxygen atoms in total. The van der Waals surface area contributed by atoms with Gasteiger partial charge in [0.05, 0.1) is 5.41 Å². The lowest BCUT2D eigenvalue weighted by Crippen LogP contribution is -2.56. The second kappa shape index (κ2) is 8.11. The maximum Gasteiger partial charge on any atom is 0.407 e. The quantitative estimate of drug-likeness (QED) is 0.617. The van der Waals surface area contributed by atoms with Crippen molar-refractivity contribution in [1.29, 1.82) is 0 Å². The third-order valence-electron chi connectivity index (χ3n) is 8.80. The number of benzene rings is 2. The summed E-state index contributed by atoms with van der Waals surface area (Å²) >= 11 is 0. The van der Waals surface area contributed by atoms with E-state index >= 15 is 0 Å². The van der Waals surface area contributed by atoms with Gasteiger partial charge in [0.25, 0.3) is 0 Å². The van der Waals surface area contributed by atoms with Crippen LogP contribution in [0.25, 0.3) is 11.1 Å². The van der Waals surface area contributed by atoms with Crippen molar-refractivity contribution in [2.75, 3.05) is 20.2 Å². The predicted octanol–water partition coefficient (Wildman–Crippen LogP) is 4.41. The first-order chi connectivity index (χ1) is 16.6. The van der Waals surface area contributed by atoms with Crippen LogP contribution in [0.4, 0.5) is 4.79 Å². The minimum Gasteiger partial charge on any atom is -0.480 e. The molecule has 184 valence electrons. The van der Waals surface area contributed by atoms with Gasteiger partial charge < -0.3 is 20.1 Å². The van der Waals surface area contributed by atoms with Gasteiger partial charge in [0.2, 0.25) is 5.91 Å². The molecule has 3 aliphatic carbocycles. The van der Waals surface area contributed by atoms with Gasteiger partial charge in [-0.15, -0.1) is 0 Å². The highest BCUT2D eigenvalue weighted by Crippen LogP contribution is 2.74. The van der Waals surface area contributed by atoms with Gasteiger partial charge in [-0.25, -0.2) is 9.59 Å². The number of aliphatic carboxylic acids is 1. The zero-order valence-electron chi connectivity index (χ0n) is 20.5. The van der Waals surface area contributed by atoms with Crippen molar-refractivity contribution in [3.05, 3.63) is 59.7 Å². The molecule has 0 bridgehead atoms. The van der Waals surface area contributed by atoms with E-state index in [0.29, 0.717) is 6.42 Å². The fourth-order valence-electron chi connectivity index (χ4n) is 6.01. The maximum absolute atomic E-state index is 13.5. The van der Waals surface area contributed by atoms with Crippen molar-refractivity contribution in [3.63, 3.8) is 0 Å². The van der Waals surface area contributed by atoms with E-state index in [1.54, 1.807) is 0 Å². The molecule has 2 N–H and O–H groups in total. The van der Waals surface area contributed by atoms with Crippen molar-refractivity contribution in [1.82, 2.24) is 10.2 Å². The fourth-order valence-corrected chi connectivity index (χ4v) is 6.01. The number of hydrogen-bond acceptors (Lipinski definition) is 4. The van der Waals surface area contributed by atoms with E-state index in [0.717, 1.165) is 41.5 Å². The third-order valence-corrected chi connectivity index (χ3v) is 8.80. The molecule has 1 unspecified atom stereocenters. The highest BCUT2D eigenvalue weighted by molar-refractivity contribution is 5.93. The number of amides is 2. The van der Waals surface area contributed by atoms with Crippen LogP contribution in [0, 0.1) is 10.8 Å². The Morgan fingerprint density at radius 3 is 2.11 bits per heavy atom. The van der Waals surface area contributed by atoms with Crippen LogP contribution in [0.1, 0.15) is 56.6 Å². The number of hydrogen-bond donors (Lipinski definition) is 2. The minimum absolute atomic E-state index is 0.0369. The first-order valence-electron chi connectivity index (χ1n) is 12.2. The Labute approximate surface area is 205 Å². The van der Waals surface area contributed by atoms with Gasteiger partial charge in [0.15, 0.2) is 0 Å². The number of rotatable bonds is 7. The molecule has 0 heterocycles. The van der Waals surface area contributed by atoms with Crippen LogP contribution in [0.3, 0.4) is 0 Å². The number of fused-ring (bicyclic) bond motifs is 3. The van der Waals surface area contributed by atoms with Crippen molar-refractivity contribution in [2.24, 2.45) is 10.8 Å². The summed E-state index contributed by atoms with van der Waals surface area (Å²) < 4.78 is 5.66. The standard InChI is InChI=1S/C28H32N2O5/c1-26(2,24(32)33)30(3)23(31)28(16-27(28)13-8-14-27)17-29-25(34)35-15-22-20-11-6-4-9-18(20)19-10-5-7-12-21(19)22/h4-7,9-12,22H,8,13-17H2,1-3H3,(H,29,34)(H,32,33). The molecular formula is C28H32N2O5. The summed E-state index contributed by atoms with van der Waals surface area (Å²) in [5, 5.41) is 12.4. The molecule has 2 fully saturated rings. The van der Waals surface area contributed by atoms with E-state index < -0.39 is 23.0 Å². The average molecular weight is 477 g/mol. The van der Waals surface area contributed by atoms with Crippen molar-refractivity contribution < 1.29 is 24.2 Å². The lowest BCUT2D eigenvalue weighted by Gasteiger charge is -2.38. The summed E-state index contributed by atoms with van der Waals surface area (Å²) in [6, 6.07) is 16.3. The minimum atomic E-state index is -1.33. The highest BCUT2D eigenvalue weighted by Gasteiger charge is 2.74. The summed E-state index contributed by atoms with van der Waals surface area (Å²) in [4.78, 5) is 39.3. The van der Waals surface area contributed by atoms with Crippen molar-refractivity contribution in [3.8, 4) is 11.1 Å². The van der Waals surface area contributed by atoms with Gasteiger partial charge in [-0.05, 0) is 60.8 Å². The number of carbonyl (C=O) groups excluding carboxylic acids is 2. The third kappa shape index (κ3) is 3.51. The number of nitrogens with one attached hydrogen (secondary N) is 1. The Hall–Kier alpha value is -3.35. The molecule has 1 atom stereocenters. The van der Waals surface area contributed by atoms with Gasteiger partial charge in [0, 0.05) is 19.5 Å². The van der Waals surface area contributed by atoms with Crippen LogP contribution in [-0.2, 0) is 14.3 Å². The normalized spacial score (nSPS) is 21.5. The number of carboxylic acids is 1. The molecular weight excluding hydrogens is 444 g/mol. The van der Waals surface area contributed by atoms with Crippen LogP contribution in [0.15, 0.2) is 48.5 Å². The van der Waals surface area contributed by atoms with E-state index in [1.165, 1.54) is 25.8 Å². The Kier molecular flexibility index (Phi) is 5.42. The lowest BCUT2D eigenvalue weighted by molar-refractivity contribution is -0.158. The summed E-state index contributed by atoms with van der Waals surface area (Å²) in [5.74, 6) is -1.31. The number of nitrogens with zero attached hydrogens (tertiary/aromatic N) is 1. The monoisotopic (exact) mass is 476 g/mol. The van der Waals surface area contributed by atoms with Gasteiger partial charge in [-0.3, -0.25) is 4.79 Å². The molecule has 2 saturated carbocycles. The van der Waals surface area contributed by atoms with E-state index in [1.807, 2.05) is 24.3 Å². The molecule has 2 aromatic rings. The van der Waals surface area contributed by atoms with Gasteiger partial charge in [-0.2, -0.15) is 0 Å². The average Bonchev–Trinajstić information content (AvgIpc) is 3.44. The number of carboxylic acid groups (broad SMARTS) is 1. The van der Waals surface area contributed by atoms with E-state index in [4.69, 9.17) is 4.74 Å². The summed E-state index contributed by atoms with van der Waals surface area (Å²) in [6.45, 7) is 3.41. The molecule has 35 heavy (non-hydrogen) atoms. The Morgan fingerprint density at radius 1 is 1.06 bits per heavy atom. The second-order valence-corrected chi connectivity index (χ2v) is 10.8. The van der Waals surface area contributed by atoms with Gasteiger partial charge in [-0.1, -0.05) is 55.0 Å². The Bertz CT molecular complexity index is 1160. The molecule has 0 aliphatic heterocycles. The second-order valence-electron chi connectivity index (χ2n) is 10.8. The highest BCUT2D eigenvalue weighted by atomic mass is 16.5. The van der Waals surface area contributed by atoms with E-state index in [9.17, 15) is 19.5 Å². The molecule has 5 rings (SSSR count). The summed E-state index contributed by atoms with van der Waals surface area (Å²) in [6.07, 6.45) is 3.01. The van der Waals surface area contributed by atoms with Crippen molar-refractivity contribution in [2.45, 2.75) is 51.0 Å². The molecule has 7 heteroatoms.